The topological polar surface area (TPSA) is 71.5 Å². The van der Waals surface area contributed by atoms with Gasteiger partial charge in [-0.25, -0.2) is 4.39 Å². The van der Waals surface area contributed by atoms with Crippen LogP contribution in [-0.4, -0.2) is 29.9 Å². The quantitative estimate of drug-likeness (QED) is 0.723. The third-order valence-electron chi connectivity index (χ3n) is 4.60. The fraction of sp³-hybridized carbons (Fsp3) is 0.136. The average Bonchev–Trinajstić information content (AvgIpc) is 3.16. The molecule has 7 heteroatoms. The molecule has 1 aliphatic rings. The first-order chi connectivity index (χ1) is 14.1. The Morgan fingerprint density at radius 1 is 1.14 bits per heavy atom. The zero-order chi connectivity index (χ0) is 20.2. The number of halogens is 1. The maximum absolute atomic E-state index is 12.9. The Hall–Kier alpha value is -3.74. The molecule has 29 heavy (non-hydrogen) atoms. The number of rotatable bonds is 5. The second-order valence-electron chi connectivity index (χ2n) is 6.58. The van der Waals surface area contributed by atoms with E-state index in [-0.39, 0.29) is 24.2 Å². The van der Waals surface area contributed by atoms with E-state index in [2.05, 4.69) is 10.3 Å². The molecule has 0 radical (unpaired) electrons. The van der Waals surface area contributed by atoms with Gasteiger partial charge >= 0.3 is 0 Å². The van der Waals surface area contributed by atoms with Crippen LogP contribution in [0.5, 0.6) is 5.75 Å². The summed E-state index contributed by atoms with van der Waals surface area (Å²) in [5, 5.41) is 2.76. The second kappa shape index (κ2) is 8.10. The number of benzene rings is 2. The van der Waals surface area contributed by atoms with Crippen molar-refractivity contribution in [2.24, 2.45) is 0 Å². The molecule has 0 saturated carbocycles. The third kappa shape index (κ3) is 4.24. The Balaban J connectivity index is 1.43. The molecule has 0 spiro atoms. The monoisotopic (exact) mass is 391 g/mol. The lowest BCUT2D eigenvalue weighted by molar-refractivity contribution is -0.118. The van der Waals surface area contributed by atoms with Crippen LogP contribution in [0.15, 0.2) is 67.0 Å². The molecule has 3 aromatic rings. The van der Waals surface area contributed by atoms with E-state index in [1.807, 2.05) is 6.07 Å². The van der Waals surface area contributed by atoms with Crippen molar-refractivity contribution in [1.82, 2.24) is 4.98 Å². The Labute approximate surface area is 166 Å². The molecule has 1 aliphatic heterocycles. The number of pyridine rings is 1. The van der Waals surface area contributed by atoms with E-state index < -0.39 is 0 Å². The lowest BCUT2D eigenvalue weighted by Crippen LogP contribution is -2.29. The first kappa shape index (κ1) is 18.6. The number of carbonyl (C=O) groups excluding carboxylic acids is 2. The van der Waals surface area contributed by atoms with E-state index in [0.717, 1.165) is 17.7 Å². The average molecular weight is 391 g/mol. The fourth-order valence-corrected chi connectivity index (χ4v) is 3.19. The second-order valence-corrected chi connectivity index (χ2v) is 6.58. The van der Waals surface area contributed by atoms with E-state index in [9.17, 15) is 14.0 Å². The van der Waals surface area contributed by atoms with Gasteiger partial charge in [-0.1, -0.05) is 6.07 Å². The molecule has 2 aromatic carbocycles. The predicted molar refractivity (Wildman–Crippen MR) is 107 cm³/mol. The molecule has 1 N–H and O–H groups in total. The summed E-state index contributed by atoms with van der Waals surface area (Å²) in [6, 6.07) is 14.4. The van der Waals surface area contributed by atoms with Crippen molar-refractivity contribution in [3.8, 4) is 5.75 Å². The maximum Gasteiger partial charge on any atom is 0.262 e. The normalized spacial score (nSPS) is 12.4. The predicted octanol–water partition coefficient (Wildman–Crippen LogP) is 3.44. The first-order valence-corrected chi connectivity index (χ1v) is 9.13. The number of aromatic nitrogens is 1. The number of nitrogens with one attached hydrogen (secondary N) is 1. The summed E-state index contributed by atoms with van der Waals surface area (Å²) in [6.45, 7) is 0.370. The van der Waals surface area contributed by atoms with Gasteiger partial charge in [0.05, 0.1) is 5.56 Å². The Morgan fingerprint density at radius 3 is 2.72 bits per heavy atom. The Morgan fingerprint density at radius 2 is 1.97 bits per heavy atom. The molecule has 2 heterocycles. The maximum atomic E-state index is 12.9. The van der Waals surface area contributed by atoms with E-state index in [1.165, 1.54) is 24.3 Å². The largest absolute Gasteiger partial charge is 0.484 e. The number of anilines is 2. The van der Waals surface area contributed by atoms with Gasteiger partial charge in [-0.2, -0.15) is 0 Å². The number of hydrogen-bond acceptors (Lipinski definition) is 4. The molecule has 4 rings (SSSR count). The minimum atomic E-state index is -0.370. The lowest BCUT2D eigenvalue weighted by atomic mass is 10.1. The van der Waals surface area contributed by atoms with Crippen LogP contribution in [0.1, 0.15) is 15.9 Å². The SMILES string of the molecule is O=C(COc1ccc(F)cc1)Nc1ccc2c(c1)N(C(=O)c1cccnc1)CC2. The van der Waals surface area contributed by atoms with Crippen LogP contribution in [0.3, 0.4) is 0 Å². The molecule has 6 nitrogen and oxygen atoms in total. The van der Waals surface area contributed by atoms with Crippen LogP contribution in [0.25, 0.3) is 0 Å². The summed E-state index contributed by atoms with van der Waals surface area (Å²) in [6.07, 6.45) is 3.92. The summed E-state index contributed by atoms with van der Waals surface area (Å²) in [5.74, 6) is -0.438. The number of fused-ring (bicyclic) bond motifs is 1. The molecule has 1 aromatic heterocycles. The van der Waals surface area contributed by atoms with Gasteiger partial charge in [0.1, 0.15) is 11.6 Å². The Kier molecular flexibility index (Phi) is 5.20. The number of ether oxygens (including phenoxy) is 1. The number of carbonyl (C=O) groups is 2. The molecule has 0 unspecified atom stereocenters. The van der Waals surface area contributed by atoms with Gasteiger partial charge < -0.3 is 15.0 Å². The molecule has 146 valence electrons. The fourth-order valence-electron chi connectivity index (χ4n) is 3.19. The molecular weight excluding hydrogens is 373 g/mol. The molecule has 2 amide bonds. The van der Waals surface area contributed by atoms with Gasteiger partial charge in [-0.15, -0.1) is 0 Å². The van der Waals surface area contributed by atoms with Crippen molar-refractivity contribution < 1.29 is 18.7 Å². The first-order valence-electron chi connectivity index (χ1n) is 9.13. The van der Waals surface area contributed by atoms with Crippen LogP contribution < -0.4 is 15.0 Å². The zero-order valence-corrected chi connectivity index (χ0v) is 15.5. The van der Waals surface area contributed by atoms with Gasteiger partial charge in [0.15, 0.2) is 6.61 Å². The van der Waals surface area contributed by atoms with Crippen molar-refractivity contribution in [2.45, 2.75) is 6.42 Å². The highest BCUT2D eigenvalue weighted by atomic mass is 19.1. The van der Waals surface area contributed by atoms with Gasteiger partial charge in [-0.05, 0) is 60.5 Å². The van der Waals surface area contributed by atoms with Crippen LogP contribution in [-0.2, 0) is 11.2 Å². The van der Waals surface area contributed by atoms with E-state index in [0.29, 0.717) is 23.5 Å². The molecular formula is C22H18FN3O3. The molecule has 0 atom stereocenters. The number of amides is 2. The van der Waals surface area contributed by atoms with E-state index >= 15 is 0 Å². The summed E-state index contributed by atoms with van der Waals surface area (Å²) in [7, 11) is 0. The van der Waals surface area contributed by atoms with Gasteiger partial charge in [-0.3, -0.25) is 14.6 Å². The molecule has 0 aliphatic carbocycles. The van der Waals surface area contributed by atoms with Gasteiger partial charge in [0.25, 0.3) is 11.8 Å². The van der Waals surface area contributed by atoms with Crippen LogP contribution in [0.2, 0.25) is 0 Å². The van der Waals surface area contributed by atoms with Crippen LogP contribution >= 0.6 is 0 Å². The van der Waals surface area contributed by atoms with E-state index in [4.69, 9.17) is 4.74 Å². The van der Waals surface area contributed by atoms with Crippen molar-refractivity contribution in [2.75, 3.05) is 23.4 Å². The summed E-state index contributed by atoms with van der Waals surface area (Å²) in [5.41, 5.74) is 2.91. The molecule has 0 bridgehead atoms. The summed E-state index contributed by atoms with van der Waals surface area (Å²) in [4.78, 5) is 30.7. The molecule has 0 fully saturated rings. The lowest BCUT2D eigenvalue weighted by Gasteiger charge is -2.18. The van der Waals surface area contributed by atoms with Crippen LogP contribution in [0, 0.1) is 5.82 Å². The summed E-state index contributed by atoms with van der Waals surface area (Å²) >= 11 is 0. The van der Waals surface area contributed by atoms with Crippen molar-refractivity contribution in [1.29, 1.82) is 0 Å². The van der Waals surface area contributed by atoms with Crippen molar-refractivity contribution in [3.63, 3.8) is 0 Å². The van der Waals surface area contributed by atoms with Crippen molar-refractivity contribution >= 4 is 23.2 Å². The minimum Gasteiger partial charge on any atom is -0.484 e. The summed E-state index contributed by atoms with van der Waals surface area (Å²) < 4.78 is 18.3. The highest BCUT2D eigenvalue weighted by Gasteiger charge is 2.26. The smallest absolute Gasteiger partial charge is 0.262 e. The highest BCUT2D eigenvalue weighted by molar-refractivity contribution is 6.07. The number of nitrogens with zero attached hydrogens (tertiary/aromatic N) is 2. The molecule has 0 saturated heterocycles. The third-order valence-corrected chi connectivity index (χ3v) is 4.60. The van der Waals surface area contributed by atoms with Gasteiger partial charge in [0, 0.05) is 30.3 Å². The Bertz CT molecular complexity index is 1040. The van der Waals surface area contributed by atoms with E-state index in [1.54, 1.807) is 41.6 Å². The highest BCUT2D eigenvalue weighted by Crippen LogP contribution is 2.32. The minimum absolute atomic E-state index is 0.125. The standard InChI is InChI=1S/C22H18FN3O3/c23-17-4-7-19(8-5-17)29-14-21(27)25-18-6-3-15-9-11-26(20(15)12-18)22(28)16-2-1-10-24-13-16/h1-8,10,12-13H,9,11,14H2,(H,25,27). The van der Waals surface area contributed by atoms with Gasteiger partial charge in [0.2, 0.25) is 0 Å². The number of hydrogen-bond donors (Lipinski definition) is 1. The van der Waals surface area contributed by atoms with Crippen molar-refractivity contribution in [3.05, 3.63) is 83.9 Å². The zero-order valence-electron chi connectivity index (χ0n) is 15.5. The van der Waals surface area contributed by atoms with Crippen LogP contribution in [0.4, 0.5) is 15.8 Å².